The van der Waals surface area contributed by atoms with Gasteiger partial charge in [-0.05, 0) is 30.9 Å². The fourth-order valence-corrected chi connectivity index (χ4v) is 2.18. The standard InChI is InChI=1S/C14H16F3NO2/c1-8(19)7-18-13(20)12-6-11(12)9-3-2-4-10(5-9)14(15,16)17/h2-5,8,11-12,19H,6-7H2,1H3,(H,18,20). The molecular weight excluding hydrogens is 271 g/mol. The predicted octanol–water partition coefficient (Wildman–Crippen LogP) is 2.31. The van der Waals surface area contributed by atoms with Crippen LogP contribution in [0.25, 0.3) is 0 Å². The van der Waals surface area contributed by atoms with Crippen molar-refractivity contribution in [3.63, 3.8) is 0 Å². The van der Waals surface area contributed by atoms with Gasteiger partial charge in [0.15, 0.2) is 0 Å². The zero-order valence-electron chi connectivity index (χ0n) is 10.9. The van der Waals surface area contributed by atoms with Gasteiger partial charge in [0.05, 0.1) is 11.7 Å². The molecule has 0 bridgehead atoms. The second-order valence-corrected chi connectivity index (χ2v) is 5.17. The highest BCUT2D eigenvalue weighted by atomic mass is 19.4. The van der Waals surface area contributed by atoms with Crippen LogP contribution >= 0.6 is 0 Å². The van der Waals surface area contributed by atoms with Gasteiger partial charge in [-0.3, -0.25) is 4.79 Å². The summed E-state index contributed by atoms with van der Waals surface area (Å²) in [5.74, 6) is -0.670. The van der Waals surface area contributed by atoms with Crippen molar-refractivity contribution in [2.75, 3.05) is 6.54 Å². The Hall–Kier alpha value is -1.56. The van der Waals surface area contributed by atoms with Crippen LogP contribution in [0.3, 0.4) is 0 Å². The average molecular weight is 287 g/mol. The maximum atomic E-state index is 12.6. The number of aliphatic hydroxyl groups excluding tert-OH is 1. The Balaban J connectivity index is 2.00. The quantitative estimate of drug-likeness (QED) is 0.892. The lowest BCUT2D eigenvalue weighted by atomic mass is 10.1. The van der Waals surface area contributed by atoms with Crippen LogP contribution in [-0.4, -0.2) is 23.7 Å². The Morgan fingerprint density at radius 3 is 2.80 bits per heavy atom. The molecule has 1 aliphatic rings. The van der Waals surface area contributed by atoms with E-state index in [-0.39, 0.29) is 24.3 Å². The zero-order valence-corrected chi connectivity index (χ0v) is 10.9. The Labute approximate surface area is 114 Å². The van der Waals surface area contributed by atoms with Gasteiger partial charge in [-0.15, -0.1) is 0 Å². The first-order chi connectivity index (χ1) is 9.29. The molecule has 0 aromatic heterocycles. The van der Waals surface area contributed by atoms with E-state index in [0.29, 0.717) is 12.0 Å². The number of halogens is 3. The minimum absolute atomic E-state index is 0.157. The van der Waals surface area contributed by atoms with Gasteiger partial charge in [-0.25, -0.2) is 0 Å². The molecule has 1 fully saturated rings. The fraction of sp³-hybridized carbons (Fsp3) is 0.500. The Morgan fingerprint density at radius 1 is 1.50 bits per heavy atom. The normalized spacial score (nSPS) is 23.2. The molecule has 3 nitrogen and oxygen atoms in total. The van der Waals surface area contributed by atoms with E-state index in [4.69, 9.17) is 5.11 Å². The SMILES string of the molecule is CC(O)CNC(=O)C1CC1c1cccc(C(F)(F)F)c1. The van der Waals surface area contributed by atoms with Gasteiger partial charge >= 0.3 is 6.18 Å². The van der Waals surface area contributed by atoms with Crippen molar-refractivity contribution in [3.8, 4) is 0 Å². The van der Waals surface area contributed by atoms with Crippen molar-refractivity contribution >= 4 is 5.91 Å². The highest BCUT2D eigenvalue weighted by Gasteiger charge is 2.44. The molecule has 1 amide bonds. The summed E-state index contributed by atoms with van der Waals surface area (Å²) in [4.78, 5) is 11.7. The summed E-state index contributed by atoms with van der Waals surface area (Å²) in [6, 6.07) is 5.10. The van der Waals surface area contributed by atoms with Crippen molar-refractivity contribution < 1.29 is 23.1 Å². The lowest BCUT2D eigenvalue weighted by Crippen LogP contribution is -2.31. The van der Waals surface area contributed by atoms with Crippen LogP contribution in [0.2, 0.25) is 0 Å². The number of rotatable bonds is 4. The van der Waals surface area contributed by atoms with E-state index >= 15 is 0 Å². The summed E-state index contributed by atoms with van der Waals surface area (Å²) in [5.41, 5.74) is -0.151. The number of benzene rings is 1. The topological polar surface area (TPSA) is 49.3 Å². The number of hydrogen-bond donors (Lipinski definition) is 2. The summed E-state index contributed by atoms with van der Waals surface area (Å²) in [7, 11) is 0. The summed E-state index contributed by atoms with van der Waals surface area (Å²) in [6.45, 7) is 1.71. The lowest BCUT2D eigenvalue weighted by molar-refractivity contribution is -0.137. The van der Waals surface area contributed by atoms with Crippen molar-refractivity contribution in [1.29, 1.82) is 0 Å². The molecule has 110 valence electrons. The molecule has 20 heavy (non-hydrogen) atoms. The Morgan fingerprint density at radius 2 is 2.20 bits per heavy atom. The fourth-order valence-electron chi connectivity index (χ4n) is 2.18. The molecule has 1 aromatic rings. The molecule has 0 saturated heterocycles. The van der Waals surface area contributed by atoms with Gasteiger partial charge < -0.3 is 10.4 Å². The molecule has 3 atom stereocenters. The molecule has 1 aromatic carbocycles. The van der Waals surface area contributed by atoms with E-state index in [1.165, 1.54) is 6.07 Å². The number of hydrogen-bond acceptors (Lipinski definition) is 2. The first-order valence-corrected chi connectivity index (χ1v) is 6.42. The summed E-state index contributed by atoms with van der Waals surface area (Å²) in [5, 5.41) is 11.7. The van der Waals surface area contributed by atoms with Gasteiger partial charge in [-0.1, -0.05) is 18.2 Å². The smallest absolute Gasteiger partial charge is 0.392 e. The third-order valence-electron chi connectivity index (χ3n) is 3.34. The van der Waals surface area contributed by atoms with E-state index in [9.17, 15) is 18.0 Å². The second-order valence-electron chi connectivity index (χ2n) is 5.17. The zero-order chi connectivity index (χ0) is 14.9. The van der Waals surface area contributed by atoms with Crippen LogP contribution < -0.4 is 5.32 Å². The molecule has 1 aliphatic carbocycles. The molecular formula is C14H16F3NO2. The van der Waals surface area contributed by atoms with E-state index in [0.717, 1.165) is 12.1 Å². The number of amides is 1. The average Bonchev–Trinajstić information content (AvgIpc) is 3.15. The third-order valence-corrected chi connectivity index (χ3v) is 3.34. The second kappa shape index (κ2) is 5.44. The molecule has 0 aliphatic heterocycles. The summed E-state index contributed by atoms with van der Waals surface area (Å²) >= 11 is 0. The molecule has 2 N–H and O–H groups in total. The monoisotopic (exact) mass is 287 g/mol. The molecule has 6 heteroatoms. The lowest BCUT2D eigenvalue weighted by Gasteiger charge is -2.09. The van der Waals surface area contributed by atoms with Gasteiger partial charge in [-0.2, -0.15) is 13.2 Å². The molecule has 0 heterocycles. The highest BCUT2D eigenvalue weighted by Crippen LogP contribution is 2.48. The Bertz CT molecular complexity index is 499. The molecule has 0 spiro atoms. The minimum Gasteiger partial charge on any atom is -0.392 e. The number of carbonyl (C=O) groups is 1. The van der Waals surface area contributed by atoms with Crippen LogP contribution in [0.5, 0.6) is 0 Å². The number of carbonyl (C=O) groups excluding carboxylic acids is 1. The van der Waals surface area contributed by atoms with E-state index in [1.807, 2.05) is 0 Å². The van der Waals surface area contributed by atoms with Gasteiger partial charge in [0.1, 0.15) is 0 Å². The minimum atomic E-state index is -4.37. The molecule has 2 rings (SSSR count). The van der Waals surface area contributed by atoms with E-state index in [1.54, 1.807) is 13.0 Å². The van der Waals surface area contributed by atoms with Gasteiger partial charge in [0.25, 0.3) is 0 Å². The van der Waals surface area contributed by atoms with Gasteiger partial charge in [0.2, 0.25) is 5.91 Å². The first kappa shape index (κ1) is 14.8. The van der Waals surface area contributed by atoms with Crippen LogP contribution in [0.4, 0.5) is 13.2 Å². The highest BCUT2D eigenvalue weighted by molar-refractivity contribution is 5.82. The maximum Gasteiger partial charge on any atom is 0.416 e. The maximum absolute atomic E-state index is 12.6. The van der Waals surface area contributed by atoms with E-state index < -0.39 is 17.8 Å². The first-order valence-electron chi connectivity index (χ1n) is 6.42. The summed E-state index contributed by atoms with van der Waals surface area (Å²) in [6.07, 6.45) is -4.45. The van der Waals surface area contributed by atoms with Crippen molar-refractivity contribution in [2.45, 2.75) is 31.5 Å². The third kappa shape index (κ3) is 3.50. The van der Waals surface area contributed by atoms with Crippen molar-refractivity contribution in [1.82, 2.24) is 5.32 Å². The van der Waals surface area contributed by atoms with Crippen molar-refractivity contribution in [3.05, 3.63) is 35.4 Å². The van der Waals surface area contributed by atoms with E-state index in [2.05, 4.69) is 5.32 Å². The number of alkyl halides is 3. The number of aliphatic hydroxyl groups is 1. The van der Waals surface area contributed by atoms with Gasteiger partial charge in [0, 0.05) is 12.5 Å². The van der Waals surface area contributed by atoms with Crippen LogP contribution in [0.1, 0.15) is 30.4 Å². The summed E-state index contributed by atoms with van der Waals surface area (Å²) < 4.78 is 37.8. The molecule has 1 saturated carbocycles. The molecule has 0 radical (unpaired) electrons. The van der Waals surface area contributed by atoms with Crippen LogP contribution in [0, 0.1) is 5.92 Å². The van der Waals surface area contributed by atoms with Crippen molar-refractivity contribution in [2.24, 2.45) is 5.92 Å². The predicted molar refractivity (Wildman–Crippen MR) is 67.0 cm³/mol. The molecule has 3 unspecified atom stereocenters. The Kier molecular flexibility index (Phi) is 4.04. The number of nitrogens with one attached hydrogen (secondary N) is 1. The largest absolute Gasteiger partial charge is 0.416 e. The van der Waals surface area contributed by atoms with Crippen LogP contribution in [-0.2, 0) is 11.0 Å². The van der Waals surface area contributed by atoms with Crippen LogP contribution in [0.15, 0.2) is 24.3 Å².